The predicted octanol–water partition coefficient (Wildman–Crippen LogP) is 4.19. The SMILES string of the molecule is COc1ccc2c(-c3nnc4ccnc(Cl)n34)cn(C(=O)OC(C)(C)C)c2c1. The first-order valence-corrected chi connectivity index (χ1v) is 8.95. The summed E-state index contributed by atoms with van der Waals surface area (Å²) in [5.74, 6) is 1.10. The Morgan fingerprint density at radius 3 is 2.68 bits per heavy atom. The number of benzene rings is 1. The molecule has 0 aliphatic rings. The number of nitrogens with zero attached hydrogens (tertiary/aromatic N) is 5. The van der Waals surface area contributed by atoms with Crippen LogP contribution >= 0.6 is 11.6 Å². The van der Waals surface area contributed by atoms with Gasteiger partial charge in [0.1, 0.15) is 11.4 Å². The second-order valence-corrected chi connectivity index (χ2v) is 7.55. The summed E-state index contributed by atoms with van der Waals surface area (Å²) in [5.41, 5.74) is 1.22. The molecule has 0 saturated carbocycles. The normalized spacial score (nSPS) is 11.9. The number of hydrogen-bond acceptors (Lipinski definition) is 6. The molecule has 0 radical (unpaired) electrons. The number of carbonyl (C=O) groups is 1. The van der Waals surface area contributed by atoms with Gasteiger partial charge in [-0.2, -0.15) is 0 Å². The Balaban J connectivity index is 1.98. The summed E-state index contributed by atoms with van der Waals surface area (Å²) in [5, 5.41) is 9.41. The summed E-state index contributed by atoms with van der Waals surface area (Å²) >= 11 is 6.26. The number of halogens is 1. The first-order chi connectivity index (χ1) is 13.3. The minimum Gasteiger partial charge on any atom is -0.497 e. The second kappa shape index (κ2) is 6.49. The van der Waals surface area contributed by atoms with E-state index in [4.69, 9.17) is 21.1 Å². The van der Waals surface area contributed by atoms with Crippen molar-refractivity contribution in [2.24, 2.45) is 0 Å². The van der Waals surface area contributed by atoms with Crippen molar-refractivity contribution in [1.29, 1.82) is 0 Å². The molecule has 0 aliphatic carbocycles. The maximum Gasteiger partial charge on any atom is 0.419 e. The molecule has 0 amide bonds. The van der Waals surface area contributed by atoms with Gasteiger partial charge in [0.05, 0.1) is 12.6 Å². The van der Waals surface area contributed by atoms with E-state index in [-0.39, 0.29) is 5.28 Å². The predicted molar refractivity (Wildman–Crippen MR) is 105 cm³/mol. The van der Waals surface area contributed by atoms with Gasteiger partial charge in [-0.3, -0.25) is 4.57 Å². The fraction of sp³-hybridized carbons (Fsp3) is 0.263. The van der Waals surface area contributed by atoms with E-state index in [1.165, 1.54) is 4.57 Å². The Kier molecular flexibility index (Phi) is 4.23. The lowest BCUT2D eigenvalue weighted by Crippen LogP contribution is -2.26. The third-order valence-electron chi connectivity index (χ3n) is 4.12. The molecule has 8 nitrogen and oxygen atoms in total. The third-order valence-corrected chi connectivity index (χ3v) is 4.39. The first-order valence-electron chi connectivity index (χ1n) is 8.57. The number of methoxy groups -OCH3 is 1. The molecular weight excluding hydrogens is 382 g/mol. The van der Waals surface area contributed by atoms with Crippen LogP contribution in [0.15, 0.2) is 36.7 Å². The van der Waals surface area contributed by atoms with Crippen LogP contribution in [0.1, 0.15) is 20.8 Å². The van der Waals surface area contributed by atoms with Crippen LogP contribution in [0.4, 0.5) is 4.79 Å². The lowest BCUT2D eigenvalue weighted by atomic mass is 10.1. The van der Waals surface area contributed by atoms with Crippen molar-refractivity contribution in [3.8, 4) is 17.1 Å². The average Bonchev–Trinajstić information content (AvgIpc) is 3.21. The zero-order chi connectivity index (χ0) is 20.1. The molecule has 0 bridgehead atoms. The van der Waals surface area contributed by atoms with Gasteiger partial charge in [-0.05, 0) is 44.5 Å². The first kappa shape index (κ1) is 18.2. The summed E-state index contributed by atoms with van der Waals surface area (Å²) in [6.07, 6.45) is 2.72. The highest BCUT2D eigenvalue weighted by Gasteiger charge is 2.23. The monoisotopic (exact) mass is 399 g/mol. The van der Waals surface area contributed by atoms with Crippen LogP contribution in [0.2, 0.25) is 5.28 Å². The van der Waals surface area contributed by atoms with Crippen molar-refractivity contribution in [2.75, 3.05) is 7.11 Å². The quantitative estimate of drug-likeness (QED) is 0.470. The van der Waals surface area contributed by atoms with Gasteiger partial charge in [-0.15, -0.1) is 10.2 Å². The molecule has 0 fully saturated rings. The van der Waals surface area contributed by atoms with E-state index < -0.39 is 11.7 Å². The van der Waals surface area contributed by atoms with E-state index in [1.54, 1.807) is 36.0 Å². The summed E-state index contributed by atoms with van der Waals surface area (Å²) < 4.78 is 13.9. The standard InChI is InChI=1S/C19H18ClN5O3/c1-19(2,3)28-18(26)24-10-13(12-6-5-11(27-4)9-14(12)24)16-23-22-15-7-8-21-17(20)25(15)16/h5-10H,1-4H3. The molecule has 0 N–H and O–H groups in total. The van der Waals surface area contributed by atoms with Gasteiger partial charge in [0.25, 0.3) is 0 Å². The van der Waals surface area contributed by atoms with Crippen LogP contribution in [-0.2, 0) is 4.74 Å². The van der Waals surface area contributed by atoms with Crippen LogP contribution < -0.4 is 4.74 Å². The molecule has 0 aliphatic heterocycles. The van der Waals surface area contributed by atoms with Gasteiger partial charge in [-0.1, -0.05) is 0 Å². The summed E-state index contributed by atoms with van der Waals surface area (Å²) in [6.45, 7) is 5.45. The molecule has 144 valence electrons. The van der Waals surface area contributed by atoms with Crippen LogP contribution in [-0.4, -0.2) is 43.0 Å². The fourth-order valence-corrected chi connectivity index (χ4v) is 3.18. The topological polar surface area (TPSA) is 83.5 Å². The summed E-state index contributed by atoms with van der Waals surface area (Å²) in [6, 6.07) is 7.15. The van der Waals surface area contributed by atoms with E-state index in [9.17, 15) is 4.79 Å². The zero-order valence-electron chi connectivity index (χ0n) is 15.8. The molecule has 0 spiro atoms. The number of aromatic nitrogens is 5. The zero-order valence-corrected chi connectivity index (χ0v) is 16.6. The number of hydrogen-bond donors (Lipinski definition) is 0. The highest BCUT2D eigenvalue weighted by molar-refractivity contribution is 6.28. The molecule has 3 aromatic heterocycles. The van der Waals surface area contributed by atoms with Gasteiger partial charge in [0, 0.05) is 35.5 Å². The lowest BCUT2D eigenvalue weighted by Gasteiger charge is -2.19. The summed E-state index contributed by atoms with van der Waals surface area (Å²) in [4.78, 5) is 16.9. The average molecular weight is 400 g/mol. The van der Waals surface area contributed by atoms with Crippen LogP contribution in [0.25, 0.3) is 27.9 Å². The largest absolute Gasteiger partial charge is 0.497 e. The number of fused-ring (bicyclic) bond motifs is 2. The van der Waals surface area contributed by atoms with Crippen LogP contribution in [0.3, 0.4) is 0 Å². The minimum atomic E-state index is -0.637. The highest BCUT2D eigenvalue weighted by atomic mass is 35.5. The molecule has 4 rings (SSSR count). The Bertz CT molecular complexity index is 1210. The van der Waals surface area contributed by atoms with E-state index in [0.29, 0.717) is 28.3 Å². The van der Waals surface area contributed by atoms with Gasteiger partial charge in [-0.25, -0.2) is 14.2 Å². The Hall–Kier alpha value is -3.13. The molecular formula is C19H18ClN5O3. The van der Waals surface area contributed by atoms with E-state index in [2.05, 4.69) is 15.2 Å². The fourth-order valence-electron chi connectivity index (χ4n) is 2.96. The van der Waals surface area contributed by atoms with Crippen molar-refractivity contribution in [3.63, 3.8) is 0 Å². The van der Waals surface area contributed by atoms with E-state index in [1.807, 2.05) is 32.9 Å². The van der Waals surface area contributed by atoms with Crippen molar-refractivity contribution < 1.29 is 14.3 Å². The molecule has 0 atom stereocenters. The Morgan fingerprint density at radius 2 is 1.96 bits per heavy atom. The van der Waals surface area contributed by atoms with Crippen molar-refractivity contribution in [3.05, 3.63) is 41.9 Å². The van der Waals surface area contributed by atoms with Crippen molar-refractivity contribution >= 4 is 34.2 Å². The smallest absolute Gasteiger partial charge is 0.419 e. The Labute approximate surface area is 165 Å². The maximum atomic E-state index is 12.8. The van der Waals surface area contributed by atoms with Crippen molar-refractivity contribution in [2.45, 2.75) is 26.4 Å². The van der Waals surface area contributed by atoms with E-state index >= 15 is 0 Å². The molecule has 28 heavy (non-hydrogen) atoms. The van der Waals surface area contributed by atoms with Gasteiger partial charge < -0.3 is 9.47 Å². The number of carbonyl (C=O) groups excluding carboxylic acids is 1. The molecule has 9 heteroatoms. The van der Waals surface area contributed by atoms with Crippen LogP contribution in [0, 0.1) is 0 Å². The highest BCUT2D eigenvalue weighted by Crippen LogP contribution is 2.33. The molecule has 0 unspecified atom stereocenters. The second-order valence-electron chi connectivity index (χ2n) is 7.21. The Morgan fingerprint density at radius 1 is 1.18 bits per heavy atom. The van der Waals surface area contributed by atoms with Gasteiger partial charge in [0.2, 0.25) is 5.28 Å². The molecule has 0 saturated heterocycles. The molecule has 3 heterocycles. The van der Waals surface area contributed by atoms with Gasteiger partial charge in [0.15, 0.2) is 11.5 Å². The minimum absolute atomic E-state index is 0.226. The van der Waals surface area contributed by atoms with Crippen molar-refractivity contribution in [1.82, 2.24) is 24.1 Å². The molecule has 4 aromatic rings. The van der Waals surface area contributed by atoms with Gasteiger partial charge >= 0.3 is 6.09 Å². The lowest BCUT2D eigenvalue weighted by molar-refractivity contribution is 0.0544. The summed E-state index contributed by atoms with van der Waals surface area (Å²) in [7, 11) is 1.57. The number of rotatable bonds is 2. The van der Waals surface area contributed by atoms with Crippen LogP contribution in [0.5, 0.6) is 5.75 Å². The molecule has 1 aromatic carbocycles. The maximum absolute atomic E-state index is 12.8. The third kappa shape index (κ3) is 3.05. The van der Waals surface area contributed by atoms with E-state index in [0.717, 1.165) is 5.39 Å². The number of ether oxygens (including phenoxy) is 2.